The van der Waals surface area contributed by atoms with Crippen molar-refractivity contribution in [1.82, 2.24) is 10.2 Å². The van der Waals surface area contributed by atoms with E-state index in [1.165, 1.54) is 16.0 Å². The van der Waals surface area contributed by atoms with Crippen LogP contribution in [0.4, 0.5) is 4.79 Å². The molecule has 6 heteroatoms. The molecule has 23 heavy (non-hydrogen) atoms. The van der Waals surface area contributed by atoms with Crippen LogP contribution in [0.5, 0.6) is 5.75 Å². The number of nitrogens with zero attached hydrogens (tertiary/aromatic N) is 1. The minimum Gasteiger partial charge on any atom is -0.493 e. The second kappa shape index (κ2) is 7.25. The van der Waals surface area contributed by atoms with Crippen LogP contribution in [0, 0.1) is 13.8 Å². The zero-order valence-corrected chi connectivity index (χ0v) is 15.0. The molecule has 0 aliphatic carbocycles. The van der Waals surface area contributed by atoms with E-state index in [9.17, 15) is 9.59 Å². The molecule has 0 spiro atoms. The molecule has 1 heterocycles. The average molecular weight is 336 g/mol. The number of nitrogens with one attached hydrogen (secondary N) is 1. The number of hydrogen-bond donors (Lipinski definition) is 1. The van der Waals surface area contributed by atoms with Gasteiger partial charge in [-0.15, -0.1) is 0 Å². The molecule has 0 aromatic heterocycles. The lowest BCUT2D eigenvalue weighted by Crippen LogP contribution is -2.40. The van der Waals surface area contributed by atoms with Gasteiger partial charge in [-0.25, -0.2) is 4.79 Å². The van der Waals surface area contributed by atoms with Gasteiger partial charge < -0.3 is 10.1 Å². The molecule has 0 saturated carbocycles. The first-order valence-electron chi connectivity index (χ1n) is 7.72. The number of thioether (sulfide) groups is 1. The SMILES string of the molecule is Cc1cc(C)cc(OCCSCCN2C(=O)NC(C)(C)C2=O)c1. The molecule has 0 radical (unpaired) electrons. The molecule has 1 N–H and O–H groups in total. The van der Waals surface area contributed by atoms with Crippen LogP contribution >= 0.6 is 11.8 Å². The first kappa shape index (κ1) is 17.7. The van der Waals surface area contributed by atoms with Gasteiger partial charge >= 0.3 is 6.03 Å². The Labute approximate surface area is 141 Å². The Balaban J connectivity index is 1.66. The number of amides is 3. The van der Waals surface area contributed by atoms with Gasteiger partial charge in [-0.3, -0.25) is 9.69 Å². The van der Waals surface area contributed by atoms with Crippen molar-refractivity contribution in [2.45, 2.75) is 33.2 Å². The summed E-state index contributed by atoms with van der Waals surface area (Å²) in [5.41, 5.74) is 1.59. The smallest absolute Gasteiger partial charge is 0.325 e. The van der Waals surface area contributed by atoms with Crippen molar-refractivity contribution in [2.75, 3.05) is 24.7 Å². The first-order valence-corrected chi connectivity index (χ1v) is 8.88. The molecule has 1 saturated heterocycles. The van der Waals surface area contributed by atoms with Gasteiger partial charge in [-0.2, -0.15) is 11.8 Å². The van der Waals surface area contributed by atoms with Crippen molar-refractivity contribution in [3.05, 3.63) is 29.3 Å². The van der Waals surface area contributed by atoms with Gasteiger partial charge in [0.25, 0.3) is 5.91 Å². The van der Waals surface area contributed by atoms with Crippen LogP contribution in [-0.2, 0) is 4.79 Å². The molecule has 5 nitrogen and oxygen atoms in total. The Morgan fingerprint density at radius 3 is 2.35 bits per heavy atom. The summed E-state index contributed by atoms with van der Waals surface area (Å²) < 4.78 is 5.73. The van der Waals surface area contributed by atoms with Crippen LogP contribution in [0.1, 0.15) is 25.0 Å². The number of aryl methyl sites for hydroxylation is 2. The second-order valence-corrected chi connectivity index (χ2v) is 7.52. The van der Waals surface area contributed by atoms with Gasteiger partial charge in [-0.1, -0.05) is 6.07 Å². The zero-order valence-electron chi connectivity index (χ0n) is 14.1. The predicted octanol–water partition coefficient (Wildman–Crippen LogP) is 2.75. The van der Waals surface area contributed by atoms with E-state index < -0.39 is 5.54 Å². The van der Waals surface area contributed by atoms with Crippen LogP contribution in [0.3, 0.4) is 0 Å². The molecular weight excluding hydrogens is 312 g/mol. The summed E-state index contributed by atoms with van der Waals surface area (Å²) >= 11 is 1.67. The molecule has 1 aliphatic heterocycles. The second-order valence-electron chi connectivity index (χ2n) is 6.30. The van der Waals surface area contributed by atoms with Crippen molar-refractivity contribution in [3.63, 3.8) is 0 Å². The lowest BCUT2D eigenvalue weighted by atomic mass is 10.1. The number of benzene rings is 1. The van der Waals surface area contributed by atoms with Gasteiger partial charge in [0.1, 0.15) is 11.3 Å². The van der Waals surface area contributed by atoms with Gasteiger partial charge in [0.05, 0.1) is 6.61 Å². The molecule has 0 bridgehead atoms. The van der Waals surface area contributed by atoms with Crippen LogP contribution in [-0.4, -0.2) is 47.0 Å². The molecule has 1 fully saturated rings. The number of hydrogen-bond acceptors (Lipinski definition) is 4. The molecule has 1 aromatic rings. The van der Waals surface area contributed by atoms with Crippen LogP contribution in [0.15, 0.2) is 18.2 Å². The highest BCUT2D eigenvalue weighted by atomic mass is 32.2. The molecular formula is C17H24N2O3S. The van der Waals surface area contributed by atoms with E-state index in [1.54, 1.807) is 25.6 Å². The van der Waals surface area contributed by atoms with Crippen molar-refractivity contribution in [2.24, 2.45) is 0 Å². The Hall–Kier alpha value is -1.69. The number of carbonyl (C=O) groups excluding carboxylic acids is 2. The van der Waals surface area contributed by atoms with E-state index in [0.29, 0.717) is 18.9 Å². The maximum atomic E-state index is 12.0. The van der Waals surface area contributed by atoms with Gasteiger partial charge in [-0.05, 0) is 51.0 Å². The first-order chi connectivity index (χ1) is 10.8. The van der Waals surface area contributed by atoms with Crippen LogP contribution in [0.25, 0.3) is 0 Å². The largest absolute Gasteiger partial charge is 0.493 e. The maximum Gasteiger partial charge on any atom is 0.325 e. The number of carbonyl (C=O) groups is 2. The summed E-state index contributed by atoms with van der Waals surface area (Å²) in [6.07, 6.45) is 0. The fraction of sp³-hybridized carbons (Fsp3) is 0.529. The molecule has 1 aliphatic rings. The highest BCUT2D eigenvalue weighted by Crippen LogP contribution is 2.18. The standard InChI is InChI=1S/C17H24N2O3S/c1-12-9-13(2)11-14(10-12)22-6-8-23-7-5-19-15(20)17(3,4)18-16(19)21/h9-11H,5-8H2,1-4H3,(H,18,21). The molecule has 126 valence electrons. The highest BCUT2D eigenvalue weighted by molar-refractivity contribution is 7.99. The Bertz CT molecular complexity index is 581. The summed E-state index contributed by atoms with van der Waals surface area (Å²) in [6, 6.07) is 5.85. The number of urea groups is 1. The summed E-state index contributed by atoms with van der Waals surface area (Å²) in [5, 5.41) is 2.68. The zero-order chi connectivity index (χ0) is 17.0. The van der Waals surface area contributed by atoms with Crippen molar-refractivity contribution >= 4 is 23.7 Å². The number of imide groups is 1. The summed E-state index contributed by atoms with van der Waals surface area (Å²) in [4.78, 5) is 25.0. The lowest BCUT2D eigenvalue weighted by molar-refractivity contribution is -0.130. The maximum absolute atomic E-state index is 12.0. The molecule has 1 aromatic carbocycles. The highest BCUT2D eigenvalue weighted by Gasteiger charge is 2.43. The molecule has 2 rings (SSSR count). The number of ether oxygens (including phenoxy) is 1. The normalized spacial score (nSPS) is 16.6. The monoisotopic (exact) mass is 336 g/mol. The molecule has 3 amide bonds. The van der Waals surface area contributed by atoms with E-state index in [4.69, 9.17) is 4.74 Å². The summed E-state index contributed by atoms with van der Waals surface area (Å²) in [6.45, 7) is 8.58. The van der Waals surface area contributed by atoms with Crippen LogP contribution in [0.2, 0.25) is 0 Å². The lowest BCUT2D eigenvalue weighted by Gasteiger charge is -2.15. The molecule has 0 atom stereocenters. The molecule has 0 unspecified atom stereocenters. The Kier molecular flexibility index (Phi) is 5.57. The fourth-order valence-corrected chi connectivity index (χ4v) is 3.23. The predicted molar refractivity (Wildman–Crippen MR) is 93.1 cm³/mol. The quantitative estimate of drug-likeness (QED) is 0.614. The van der Waals surface area contributed by atoms with E-state index in [2.05, 4.69) is 11.4 Å². The van der Waals surface area contributed by atoms with E-state index in [-0.39, 0.29) is 11.9 Å². The fourth-order valence-electron chi connectivity index (χ4n) is 2.51. The summed E-state index contributed by atoms with van der Waals surface area (Å²) in [5.74, 6) is 2.26. The van der Waals surface area contributed by atoms with E-state index in [1.807, 2.05) is 26.0 Å². The van der Waals surface area contributed by atoms with E-state index >= 15 is 0 Å². The van der Waals surface area contributed by atoms with Crippen molar-refractivity contribution in [3.8, 4) is 5.75 Å². The van der Waals surface area contributed by atoms with Crippen molar-refractivity contribution < 1.29 is 14.3 Å². The minimum atomic E-state index is -0.784. The van der Waals surface area contributed by atoms with Crippen molar-refractivity contribution in [1.29, 1.82) is 0 Å². The number of rotatable bonds is 7. The third kappa shape index (κ3) is 4.64. The summed E-state index contributed by atoms with van der Waals surface area (Å²) in [7, 11) is 0. The van der Waals surface area contributed by atoms with Gasteiger partial charge in [0.15, 0.2) is 0 Å². The minimum absolute atomic E-state index is 0.158. The van der Waals surface area contributed by atoms with Gasteiger partial charge in [0.2, 0.25) is 0 Å². The Morgan fingerprint density at radius 1 is 1.13 bits per heavy atom. The third-order valence-electron chi connectivity index (χ3n) is 3.60. The van der Waals surface area contributed by atoms with E-state index in [0.717, 1.165) is 11.5 Å². The average Bonchev–Trinajstić information content (AvgIpc) is 2.62. The Morgan fingerprint density at radius 2 is 1.78 bits per heavy atom. The van der Waals surface area contributed by atoms with Gasteiger partial charge in [0, 0.05) is 18.1 Å². The third-order valence-corrected chi connectivity index (χ3v) is 4.52. The van der Waals surface area contributed by atoms with Crippen LogP contribution < -0.4 is 10.1 Å². The topological polar surface area (TPSA) is 58.6 Å².